The number of aryl methyl sites for hydroxylation is 2. The van der Waals surface area contributed by atoms with Crippen molar-refractivity contribution in [1.29, 1.82) is 0 Å². The molecule has 0 fully saturated rings. The highest BCUT2D eigenvalue weighted by atomic mass is 19.1. The van der Waals surface area contributed by atoms with Gasteiger partial charge in [0.25, 0.3) is 0 Å². The zero-order valence-electron chi connectivity index (χ0n) is 14.7. The monoisotopic (exact) mass is 316 g/mol. The maximum atomic E-state index is 13.6. The number of nitrogens with zero attached hydrogens (tertiary/aromatic N) is 2. The minimum Gasteiger partial charge on any atom is -0.455 e. The number of rotatable bonds is 4. The second kappa shape index (κ2) is 8.93. The predicted octanol–water partition coefficient (Wildman–Crippen LogP) is 5.67. The molecule has 0 bridgehead atoms. The van der Waals surface area contributed by atoms with Gasteiger partial charge in [-0.1, -0.05) is 13.8 Å². The van der Waals surface area contributed by atoms with E-state index in [0.29, 0.717) is 5.75 Å². The molecular formula is C19H25FN2O. The van der Waals surface area contributed by atoms with Gasteiger partial charge in [-0.25, -0.2) is 9.07 Å². The lowest BCUT2D eigenvalue weighted by molar-refractivity contribution is 0.401. The Labute approximate surface area is 138 Å². The standard InChI is InChI=1S/C17H19FN2O.C2H6/c1-5-15(18)17(6-2)21-14-7-8-16(12(3)11-14)20-13(4)9-10-19-20;1-2/h5-11H,1-4H3;1-2H3/b15-5+,17-6+;. The van der Waals surface area contributed by atoms with Gasteiger partial charge in [0, 0.05) is 11.9 Å². The fourth-order valence-electron chi connectivity index (χ4n) is 2.07. The molecule has 3 nitrogen and oxygen atoms in total. The molecule has 1 heterocycles. The van der Waals surface area contributed by atoms with E-state index < -0.39 is 0 Å². The summed E-state index contributed by atoms with van der Waals surface area (Å²) in [7, 11) is 0. The average Bonchev–Trinajstić information content (AvgIpc) is 2.99. The maximum absolute atomic E-state index is 13.6. The quantitative estimate of drug-likeness (QED) is 0.536. The second-order valence-corrected chi connectivity index (χ2v) is 4.72. The van der Waals surface area contributed by atoms with Crippen LogP contribution < -0.4 is 4.74 Å². The van der Waals surface area contributed by atoms with Crippen molar-refractivity contribution in [3.8, 4) is 11.4 Å². The Morgan fingerprint density at radius 3 is 2.30 bits per heavy atom. The molecular weight excluding hydrogens is 291 g/mol. The fourth-order valence-corrected chi connectivity index (χ4v) is 2.07. The molecule has 4 heteroatoms. The van der Waals surface area contributed by atoms with Crippen molar-refractivity contribution < 1.29 is 9.13 Å². The molecule has 2 aromatic rings. The van der Waals surface area contributed by atoms with Gasteiger partial charge in [-0.15, -0.1) is 0 Å². The summed E-state index contributed by atoms with van der Waals surface area (Å²) in [5.41, 5.74) is 3.05. The lowest BCUT2D eigenvalue weighted by Gasteiger charge is -2.12. The van der Waals surface area contributed by atoms with E-state index in [0.717, 1.165) is 16.9 Å². The topological polar surface area (TPSA) is 27.1 Å². The predicted molar refractivity (Wildman–Crippen MR) is 93.6 cm³/mol. The molecule has 0 atom stereocenters. The number of allylic oxidation sites excluding steroid dienone is 3. The number of ether oxygens (including phenoxy) is 1. The number of benzene rings is 1. The van der Waals surface area contributed by atoms with Crippen molar-refractivity contribution >= 4 is 0 Å². The lowest BCUT2D eigenvalue weighted by atomic mass is 10.2. The van der Waals surface area contributed by atoms with Crippen molar-refractivity contribution in [2.24, 2.45) is 0 Å². The van der Waals surface area contributed by atoms with Crippen LogP contribution in [0.25, 0.3) is 5.69 Å². The molecule has 0 unspecified atom stereocenters. The van der Waals surface area contributed by atoms with E-state index in [-0.39, 0.29) is 11.6 Å². The smallest absolute Gasteiger partial charge is 0.161 e. The Hall–Kier alpha value is -2.36. The third-order valence-corrected chi connectivity index (χ3v) is 3.21. The Kier molecular flexibility index (Phi) is 7.26. The molecule has 0 N–H and O–H groups in total. The first-order chi connectivity index (χ1) is 11.1. The number of hydrogen-bond donors (Lipinski definition) is 0. The van der Waals surface area contributed by atoms with Crippen molar-refractivity contribution in [2.45, 2.75) is 41.5 Å². The summed E-state index contributed by atoms with van der Waals surface area (Å²) in [6.07, 6.45) is 4.75. The van der Waals surface area contributed by atoms with E-state index >= 15 is 0 Å². The van der Waals surface area contributed by atoms with E-state index in [1.165, 1.54) is 6.08 Å². The van der Waals surface area contributed by atoms with E-state index in [2.05, 4.69) is 5.10 Å². The van der Waals surface area contributed by atoms with Gasteiger partial charge in [-0.05, 0) is 69.7 Å². The Balaban J connectivity index is 0.00000127. The van der Waals surface area contributed by atoms with Crippen LogP contribution in [0.1, 0.15) is 39.0 Å². The van der Waals surface area contributed by atoms with Gasteiger partial charge >= 0.3 is 0 Å². The number of halogens is 1. The molecule has 0 amide bonds. The molecule has 0 aliphatic rings. The van der Waals surface area contributed by atoms with Crippen LogP contribution in [0.3, 0.4) is 0 Å². The van der Waals surface area contributed by atoms with E-state index in [1.54, 1.807) is 26.1 Å². The van der Waals surface area contributed by atoms with E-state index in [4.69, 9.17) is 4.74 Å². The Morgan fingerprint density at radius 2 is 1.83 bits per heavy atom. The second-order valence-electron chi connectivity index (χ2n) is 4.72. The zero-order valence-corrected chi connectivity index (χ0v) is 14.7. The van der Waals surface area contributed by atoms with Gasteiger partial charge in [-0.2, -0.15) is 5.10 Å². The summed E-state index contributed by atoms with van der Waals surface area (Å²) < 4.78 is 21.0. The highest BCUT2D eigenvalue weighted by molar-refractivity contribution is 5.46. The Bertz CT molecular complexity index is 699. The Morgan fingerprint density at radius 1 is 1.13 bits per heavy atom. The number of aromatic nitrogens is 2. The first-order valence-electron chi connectivity index (χ1n) is 7.84. The van der Waals surface area contributed by atoms with Crippen LogP contribution >= 0.6 is 0 Å². The van der Waals surface area contributed by atoms with Gasteiger partial charge < -0.3 is 4.74 Å². The summed E-state index contributed by atoms with van der Waals surface area (Å²) in [5, 5.41) is 4.29. The number of hydrogen-bond acceptors (Lipinski definition) is 2. The molecule has 0 saturated heterocycles. The van der Waals surface area contributed by atoms with Crippen molar-refractivity contribution in [3.63, 3.8) is 0 Å². The molecule has 0 spiro atoms. The van der Waals surface area contributed by atoms with Crippen LogP contribution in [-0.2, 0) is 0 Å². The van der Waals surface area contributed by atoms with E-state index in [1.807, 2.05) is 56.6 Å². The van der Waals surface area contributed by atoms with Gasteiger partial charge in [-0.3, -0.25) is 0 Å². The van der Waals surface area contributed by atoms with Crippen molar-refractivity contribution in [1.82, 2.24) is 9.78 Å². The van der Waals surface area contributed by atoms with Gasteiger partial charge in [0.1, 0.15) is 5.75 Å². The van der Waals surface area contributed by atoms with Crippen molar-refractivity contribution in [3.05, 3.63) is 65.5 Å². The molecule has 0 radical (unpaired) electrons. The molecule has 1 aromatic heterocycles. The molecule has 0 aliphatic carbocycles. The summed E-state index contributed by atoms with van der Waals surface area (Å²) >= 11 is 0. The summed E-state index contributed by atoms with van der Waals surface area (Å²) in [6, 6.07) is 7.56. The summed E-state index contributed by atoms with van der Waals surface area (Å²) in [6.45, 7) is 11.4. The van der Waals surface area contributed by atoms with Crippen LogP contribution in [0, 0.1) is 13.8 Å². The van der Waals surface area contributed by atoms with Crippen LogP contribution in [0.2, 0.25) is 0 Å². The highest BCUT2D eigenvalue weighted by Crippen LogP contribution is 2.24. The SMILES string of the molecule is C/C=C(F)\C(=C/C)Oc1ccc(-n2nccc2C)c(C)c1.CC. The molecule has 124 valence electrons. The molecule has 0 saturated carbocycles. The average molecular weight is 316 g/mol. The van der Waals surface area contributed by atoms with Gasteiger partial charge in [0.2, 0.25) is 0 Å². The molecule has 2 rings (SSSR count). The summed E-state index contributed by atoms with van der Waals surface area (Å²) in [4.78, 5) is 0. The van der Waals surface area contributed by atoms with Gasteiger partial charge in [0.05, 0.1) is 5.69 Å². The lowest BCUT2D eigenvalue weighted by Crippen LogP contribution is -2.02. The molecule has 0 aliphatic heterocycles. The van der Waals surface area contributed by atoms with Crippen LogP contribution in [0.4, 0.5) is 4.39 Å². The zero-order chi connectivity index (χ0) is 17.4. The third kappa shape index (κ3) is 4.55. The third-order valence-electron chi connectivity index (χ3n) is 3.21. The van der Waals surface area contributed by atoms with Crippen LogP contribution in [0.5, 0.6) is 5.75 Å². The fraction of sp³-hybridized carbons (Fsp3) is 0.316. The minimum absolute atomic E-state index is 0.222. The molecule has 1 aromatic carbocycles. The minimum atomic E-state index is -0.373. The van der Waals surface area contributed by atoms with Crippen LogP contribution in [-0.4, -0.2) is 9.78 Å². The highest BCUT2D eigenvalue weighted by Gasteiger charge is 2.09. The first kappa shape index (κ1) is 18.7. The van der Waals surface area contributed by atoms with E-state index in [9.17, 15) is 4.39 Å². The van der Waals surface area contributed by atoms with Crippen LogP contribution in [0.15, 0.2) is 54.2 Å². The van der Waals surface area contributed by atoms with Gasteiger partial charge in [0.15, 0.2) is 11.6 Å². The maximum Gasteiger partial charge on any atom is 0.161 e. The first-order valence-corrected chi connectivity index (χ1v) is 7.84. The summed E-state index contributed by atoms with van der Waals surface area (Å²) in [5.74, 6) is 0.452. The molecule has 23 heavy (non-hydrogen) atoms. The van der Waals surface area contributed by atoms with Crippen molar-refractivity contribution in [2.75, 3.05) is 0 Å². The normalized spacial score (nSPS) is 11.8. The largest absolute Gasteiger partial charge is 0.455 e.